The van der Waals surface area contributed by atoms with Crippen LogP contribution in [0.4, 0.5) is 0 Å². The number of carbonyl (C=O) groups is 1. The van der Waals surface area contributed by atoms with E-state index in [4.69, 9.17) is 5.11 Å². The fourth-order valence-electron chi connectivity index (χ4n) is 1.42. The molecule has 0 aliphatic carbocycles. The first kappa shape index (κ1) is 15.1. The van der Waals surface area contributed by atoms with Gasteiger partial charge in [0.05, 0.1) is 9.83 Å². The standard InChI is InChI=1S/C9H9BrN4O4S2/c1-4(8-11-3-12-13-8)14-20(17,18)6-2-5(9(15)16)19-7(6)10/h2-4,14H,1H3,(H,15,16)(H,11,12,13). The molecule has 0 radical (unpaired) electrons. The molecule has 108 valence electrons. The summed E-state index contributed by atoms with van der Waals surface area (Å²) in [5.74, 6) is -0.821. The van der Waals surface area contributed by atoms with Crippen LogP contribution in [0.2, 0.25) is 0 Å². The largest absolute Gasteiger partial charge is 0.477 e. The van der Waals surface area contributed by atoms with Crippen molar-refractivity contribution in [1.29, 1.82) is 0 Å². The summed E-state index contributed by atoms with van der Waals surface area (Å²) in [6.45, 7) is 1.59. The van der Waals surface area contributed by atoms with Gasteiger partial charge in [0, 0.05) is 0 Å². The van der Waals surface area contributed by atoms with Crippen LogP contribution in [-0.4, -0.2) is 34.7 Å². The van der Waals surface area contributed by atoms with Crippen molar-refractivity contribution in [3.63, 3.8) is 0 Å². The smallest absolute Gasteiger partial charge is 0.345 e. The molecule has 2 heterocycles. The van der Waals surface area contributed by atoms with Crippen molar-refractivity contribution in [2.75, 3.05) is 0 Å². The monoisotopic (exact) mass is 380 g/mol. The van der Waals surface area contributed by atoms with E-state index < -0.39 is 22.0 Å². The molecule has 0 amide bonds. The molecule has 0 aromatic carbocycles. The van der Waals surface area contributed by atoms with Crippen LogP contribution >= 0.6 is 27.3 Å². The van der Waals surface area contributed by atoms with Gasteiger partial charge in [-0.05, 0) is 28.9 Å². The van der Waals surface area contributed by atoms with Gasteiger partial charge in [0.2, 0.25) is 10.0 Å². The summed E-state index contributed by atoms with van der Waals surface area (Å²) in [5.41, 5.74) is 0. The number of H-pyrrole nitrogens is 1. The lowest BCUT2D eigenvalue weighted by Gasteiger charge is -2.10. The highest BCUT2D eigenvalue weighted by atomic mass is 79.9. The number of carboxylic acid groups (broad SMARTS) is 1. The average Bonchev–Trinajstić information content (AvgIpc) is 2.96. The van der Waals surface area contributed by atoms with Crippen LogP contribution in [0.3, 0.4) is 0 Å². The Labute approximate surface area is 126 Å². The van der Waals surface area contributed by atoms with E-state index in [-0.39, 0.29) is 13.6 Å². The fraction of sp³-hybridized carbons (Fsp3) is 0.222. The van der Waals surface area contributed by atoms with Crippen LogP contribution in [-0.2, 0) is 10.0 Å². The highest BCUT2D eigenvalue weighted by molar-refractivity contribution is 9.11. The maximum absolute atomic E-state index is 12.2. The minimum atomic E-state index is -3.87. The summed E-state index contributed by atoms with van der Waals surface area (Å²) >= 11 is 3.90. The number of hydrogen-bond donors (Lipinski definition) is 3. The third-order valence-corrected chi connectivity index (χ3v) is 6.11. The summed E-state index contributed by atoms with van der Waals surface area (Å²) in [6, 6.07) is 0.481. The molecular formula is C9H9BrN4O4S2. The van der Waals surface area contributed by atoms with E-state index in [9.17, 15) is 13.2 Å². The zero-order valence-corrected chi connectivity index (χ0v) is 13.2. The number of aromatic carboxylic acids is 1. The summed E-state index contributed by atoms with van der Waals surface area (Å²) in [7, 11) is -3.87. The van der Waals surface area contributed by atoms with Gasteiger partial charge in [0.1, 0.15) is 21.9 Å². The van der Waals surface area contributed by atoms with Crippen LogP contribution in [0.5, 0.6) is 0 Å². The SMILES string of the molecule is CC(NS(=O)(=O)c1cc(C(=O)O)sc1Br)c1ncn[nH]1. The van der Waals surface area contributed by atoms with E-state index in [1.807, 2.05) is 0 Å². The van der Waals surface area contributed by atoms with Crippen molar-refractivity contribution in [2.24, 2.45) is 0 Å². The van der Waals surface area contributed by atoms with Gasteiger partial charge in [-0.3, -0.25) is 5.10 Å². The minimum absolute atomic E-state index is 0.0652. The van der Waals surface area contributed by atoms with E-state index in [0.717, 1.165) is 17.4 Å². The molecule has 1 atom stereocenters. The second-order valence-corrected chi connectivity index (χ2v) is 7.82. The summed E-state index contributed by atoms with van der Waals surface area (Å²) < 4.78 is 27.0. The zero-order valence-electron chi connectivity index (χ0n) is 9.99. The van der Waals surface area contributed by atoms with E-state index in [1.165, 1.54) is 6.33 Å². The number of rotatable bonds is 5. The van der Waals surface area contributed by atoms with Crippen molar-refractivity contribution >= 4 is 43.3 Å². The van der Waals surface area contributed by atoms with Gasteiger partial charge in [0.25, 0.3) is 0 Å². The number of aromatic nitrogens is 3. The molecule has 0 aliphatic heterocycles. The second kappa shape index (κ2) is 5.60. The number of halogens is 1. The highest BCUT2D eigenvalue weighted by Gasteiger charge is 2.25. The molecule has 0 aliphatic rings. The van der Waals surface area contributed by atoms with Gasteiger partial charge in [-0.25, -0.2) is 22.9 Å². The molecular weight excluding hydrogens is 372 g/mol. The van der Waals surface area contributed by atoms with Crippen LogP contribution in [0, 0.1) is 0 Å². The second-order valence-electron chi connectivity index (χ2n) is 3.77. The predicted octanol–water partition coefficient (Wildman–Crippen LogP) is 1.37. The summed E-state index contributed by atoms with van der Waals surface area (Å²) in [4.78, 5) is 14.5. The first-order chi connectivity index (χ1) is 9.31. The Bertz CT molecular complexity index is 725. The molecule has 0 spiro atoms. The topological polar surface area (TPSA) is 125 Å². The number of hydrogen-bond acceptors (Lipinski definition) is 6. The lowest BCUT2D eigenvalue weighted by Crippen LogP contribution is -2.27. The molecule has 2 aromatic heterocycles. The molecule has 20 heavy (non-hydrogen) atoms. The van der Waals surface area contributed by atoms with Crippen molar-refractivity contribution < 1.29 is 18.3 Å². The van der Waals surface area contributed by atoms with E-state index in [0.29, 0.717) is 5.82 Å². The lowest BCUT2D eigenvalue weighted by molar-refractivity contribution is 0.0702. The van der Waals surface area contributed by atoms with Gasteiger partial charge < -0.3 is 5.11 Å². The molecule has 11 heteroatoms. The average molecular weight is 381 g/mol. The van der Waals surface area contributed by atoms with Gasteiger partial charge in [-0.2, -0.15) is 5.10 Å². The first-order valence-corrected chi connectivity index (χ1v) is 8.30. The molecule has 2 aromatic rings. The van der Waals surface area contributed by atoms with Gasteiger partial charge in [-0.15, -0.1) is 11.3 Å². The molecule has 0 saturated heterocycles. The number of sulfonamides is 1. The number of nitrogens with one attached hydrogen (secondary N) is 2. The van der Waals surface area contributed by atoms with Crippen LogP contribution < -0.4 is 4.72 Å². The molecule has 8 nitrogen and oxygen atoms in total. The van der Waals surface area contributed by atoms with Gasteiger partial charge in [0.15, 0.2) is 0 Å². The Morgan fingerprint density at radius 3 is 2.80 bits per heavy atom. The Morgan fingerprint density at radius 1 is 1.60 bits per heavy atom. The Balaban J connectivity index is 2.29. The minimum Gasteiger partial charge on any atom is -0.477 e. The van der Waals surface area contributed by atoms with Gasteiger partial charge >= 0.3 is 5.97 Å². The normalized spacial score (nSPS) is 13.3. The van der Waals surface area contributed by atoms with E-state index in [1.54, 1.807) is 6.92 Å². The van der Waals surface area contributed by atoms with Gasteiger partial charge in [-0.1, -0.05) is 0 Å². The third kappa shape index (κ3) is 3.06. The molecule has 2 rings (SSSR count). The number of aromatic amines is 1. The fourth-order valence-corrected chi connectivity index (χ4v) is 5.03. The summed E-state index contributed by atoms with van der Waals surface area (Å²) in [6.07, 6.45) is 1.27. The van der Waals surface area contributed by atoms with Crippen molar-refractivity contribution in [3.8, 4) is 0 Å². The summed E-state index contributed by atoms with van der Waals surface area (Å²) in [5, 5.41) is 15.1. The molecule has 0 bridgehead atoms. The number of nitrogens with zero attached hydrogens (tertiary/aromatic N) is 2. The maximum atomic E-state index is 12.2. The first-order valence-electron chi connectivity index (χ1n) is 5.21. The van der Waals surface area contributed by atoms with E-state index in [2.05, 4.69) is 35.8 Å². The van der Waals surface area contributed by atoms with Crippen LogP contribution in [0.25, 0.3) is 0 Å². The lowest BCUT2D eigenvalue weighted by atomic mass is 10.3. The number of thiophene rings is 1. The van der Waals surface area contributed by atoms with Crippen molar-refractivity contribution in [1.82, 2.24) is 19.9 Å². The predicted molar refractivity (Wildman–Crippen MR) is 74.1 cm³/mol. The van der Waals surface area contributed by atoms with Crippen molar-refractivity contribution in [2.45, 2.75) is 17.9 Å². The maximum Gasteiger partial charge on any atom is 0.345 e. The molecule has 0 saturated carbocycles. The van der Waals surface area contributed by atoms with E-state index >= 15 is 0 Å². The number of carboxylic acids is 1. The molecule has 3 N–H and O–H groups in total. The van der Waals surface area contributed by atoms with Crippen molar-refractivity contribution in [3.05, 3.63) is 26.9 Å². The quantitative estimate of drug-likeness (QED) is 0.718. The molecule has 0 fully saturated rings. The Morgan fingerprint density at radius 2 is 2.30 bits per heavy atom. The third-order valence-electron chi connectivity index (χ3n) is 2.33. The Hall–Kier alpha value is -1.30. The van der Waals surface area contributed by atoms with Crippen LogP contribution in [0.1, 0.15) is 28.5 Å². The highest BCUT2D eigenvalue weighted by Crippen LogP contribution is 2.32. The zero-order chi connectivity index (χ0) is 14.9. The molecule has 1 unspecified atom stereocenters. The van der Waals surface area contributed by atoms with Crippen LogP contribution in [0.15, 0.2) is 21.1 Å². The Kier molecular flexibility index (Phi) is 4.22.